The molecule has 0 radical (unpaired) electrons. The Morgan fingerprint density at radius 2 is 1.97 bits per heavy atom. The minimum Gasteiger partial charge on any atom is -0.496 e. The number of halogens is 1. The summed E-state index contributed by atoms with van der Waals surface area (Å²) >= 11 is 7.89. The Labute approximate surface area is 212 Å². The first-order valence-corrected chi connectivity index (χ1v) is 13.1. The zero-order valence-electron chi connectivity index (χ0n) is 19.7. The zero-order chi connectivity index (χ0) is 24.4. The van der Waals surface area contributed by atoms with E-state index in [2.05, 4.69) is 12.1 Å². The standard InChI is InChI=1S/C27H25ClN2O4S/c1-13-10-14(2)22-20(11-13)35-27(29-22)30-23(16-6-4-5-7-18(16)33-3)21-24(31)17-12-15(28)8-9-19(17)34-25(21)26(30)32/h4-7,10-11,15,17,19,23H,8-9,12H2,1-3H3. The lowest BCUT2D eigenvalue weighted by Crippen LogP contribution is -2.41. The van der Waals surface area contributed by atoms with Crippen molar-refractivity contribution in [1.29, 1.82) is 0 Å². The number of fused-ring (bicyclic) bond motifs is 2. The van der Waals surface area contributed by atoms with Gasteiger partial charge in [0.2, 0.25) is 0 Å². The van der Waals surface area contributed by atoms with Crippen molar-refractivity contribution in [3.8, 4) is 5.75 Å². The summed E-state index contributed by atoms with van der Waals surface area (Å²) in [7, 11) is 1.59. The second-order valence-electron chi connectivity index (χ2n) is 9.52. The number of rotatable bonds is 3. The smallest absolute Gasteiger partial charge is 0.296 e. The molecule has 0 N–H and O–H groups in total. The van der Waals surface area contributed by atoms with Crippen LogP contribution in [0.25, 0.3) is 10.2 Å². The van der Waals surface area contributed by atoms with Crippen molar-refractivity contribution in [2.24, 2.45) is 5.92 Å². The van der Waals surface area contributed by atoms with Gasteiger partial charge in [0.15, 0.2) is 16.7 Å². The van der Waals surface area contributed by atoms with E-state index in [0.29, 0.717) is 29.3 Å². The molecule has 1 amide bonds. The Kier molecular flexibility index (Phi) is 5.38. The lowest BCUT2D eigenvalue weighted by atomic mass is 9.77. The monoisotopic (exact) mass is 508 g/mol. The highest BCUT2D eigenvalue weighted by Gasteiger charge is 2.54. The van der Waals surface area contributed by atoms with Crippen molar-refractivity contribution in [2.45, 2.75) is 50.6 Å². The fourth-order valence-electron chi connectivity index (χ4n) is 5.66. The summed E-state index contributed by atoms with van der Waals surface area (Å²) in [5.74, 6) is 0.0131. The molecule has 180 valence electrons. The van der Waals surface area contributed by atoms with Crippen LogP contribution in [0.2, 0.25) is 0 Å². The maximum absolute atomic E-state index is 13.9. The van der Waals surface area contributed by atoms with Crippen LogP contribution in [0.4, 0.5) is 5.13 Å². The first kappa shape index (κ1) is 22.6. The quantitative estimate of drug-likeness (QED) is 0.428. The van der Waals surface area contributed by atoms with Crippen molar-refractivity contribution in [3.63, 3.8) is 0 Å². The van der Waals surface area contributed by atoms with Crippen LogP contribution >= 0.6 is 22.9 Å². The number of methoxy groups -OCH3 is 1. The van der Waals surface area contributed by atoms with Crippen molar-refractivity contribution >= 4 is 50.0 Å². The summed E-state index contributed by atoms with van der Waals surface area (Å²) in [4.78, 5) is 34.3. The van der Waals surface area contributed by atoms with Crippen LogP contribution < -0.4 is 9.64 Å². The molecular formula is C27H25ClN2O4S. The lowest BCUT2D eigenvalue weighted by molar-refractivity contribution is -0.131. The van der Waals surface area contributed by atoms with Gasteiger partial charge in [0.25, 0.3) is 5.91 Å². The summed E-state index contributed by atoms with van der Waals surface area (Å²) in [6, 6.07) is 11.0. The van der Waals surface area contributed by atoms with Gasteiger partial charge < -0.3 is 9.47 Å². The molecule has 3 aromatic rings. The molecule has 1 fully saturated rings. The van der Waals surface area contributed by atoms with Crippen LogP contribution in [0.1, 0.15) is 42.0 Å². The molecule has 4 unspecified atom stereocenters. The molecule has 0 saturated heterocycles. The molecule has 4 atom stereocenters. The molecule has 0 spiro atoms. The molecule has 1 saturated carbocycles. The van der Waals surface area contributed by atoms with E-state index in [1.165, 1.54) is 11.3 Å². The van der Waals surface area contributed by atoms with Crippen molar-refractivity contribution in [2.75, 3.05) is 12.0 Å². The number of aromatic nitrogens is 1. The normalized spacial score (nSPS) is 26.1. The summed E-state index contributed by atoms with van der Waals surface area (Å²) < 4.78 is 12.9. The van der Waals surface area contributed by atoms with Gasteiger partial charge in [-0.3, -0.25) is 14.5 Å². The molecular weight excluding hydrogens is 484 g/mol. The Morgan fingerprint density at radius 3 is 2.77 bits per heavy atom. The van der Waals surface area contributed by atoms with E-state index in [9.17, 15) is 9.59 Å². The fourth-order valence-corrected chi connectivity index (χ4v) is 7.15. The van der Waals surface area contributed by atoms with E-state index in [1.807, 2.05) is 38.1 Å². The van der Waals surface area contributed by atoms with E-state index >= 15 is 0 Å². The van der Waals surface area contributed by atoms with Crippen LogP contribution in [0.5, 0.6) is 5.75 Å². The van der Waals surface area contributed by atoms with Gasteiger partial charge in [0.05, 0.1) is 28.8 Å². The van der Waals surface area contributed by atoms with Crippen LogP contribution in [-0.2, 0) is 14.3 Å². The predicted octanol–water partition coefficient (Wildman–Crippen LogP) is 5.64. The Hall–Kier alpha value is -2.90. The maximum Gasteiger partial charge on any atom is 0.296 e. The molecule has 2 aromatic carbocycles. The predicted molar refractivity (Wildman–Crippen MR) is 136 cm³/mol. The van der Waals surface area contributed by atoms with Gasteiger partial charge in [-0.1, -0.05) is 35.6 Å². The number of anilines is 1. The van der Waals surface area contributed by atoms with Crippen molar-refractivity contribution in [1.82, 2.24) is 4.98 Å². The summed E-state index contributed by atoms with van der Waals surface area (Å²) in [5, 5.41) is 0.470. The molecule has 6 nitrogen and oxygen atoms in total. The number of hydrogen-bond acceptors (Lipinski definition) is 6. The number of amides is 1. The van der Waals surface area contributed by atoms with Gasteiger partial charge in [-0.25, -0.2) is 4.98 Å². The van der Waals surface area contributed by atoms with Crippen LogP contribution in [0, 0.1) is 19.8 Å². The Balaban J connectivity index is 1.54. The van der Waals surface area contributed by atoms with Crippen LogP contribution in [0.15, 0.2) is 47.7 Å². The fraction of sp³-hybridized carbons (Fsp3) is 0.370. The van der Waals surface area contributed by atoms with E-state index < -0.39 is 6.04 Å². The van der Waals surface area contributed by atoms with E-state index in [4.69, 9.17) is 26.1 Å². The number of ether oxygens (including phenoxy) is 2. The Bertz CT molecular complexity index is 1410. The molecule has 2 aliphatic heterocycles. The van der Waals surface area contributed by atoms with Crippen molar-refractivity contribution in [3.05, 3.63) is 64.4 Å². The van der Waals surface area contributed by atoms with Crippen LogP contribution in [-0.4, -0.2) is 35.3 Å². The van der Waals surface area contributed by atoms with Crippen LogP contribution in [0.3, 0.4) is 0 Å². The van der Waals surface area contributed by atoms with E-state index in [-0.39, 0.29) is 34.8 Å². The number of alkyl halides is 1. The van der Waals surface area contributed by atoms with E-state index in [0.717, 1.165) is 33.3 Å². The first-order chi connectivity index (χ1) is 16.9. The number of aryl methyl sites for hydroxylation is 2. The van der Waals surface area contributed by atoms with Gasteiger partial charge >= 0.3 is 0 Å². The topological polar surface area (TPSA) is 68.7 Å². The number of carbonyl (C=O) groups excluding carboxylic acids is 2. The van der Waals surface area contributed by atoms with Gasteiger partial charge in [0, 0.05) is 10.9 Å². The SMILES string of the molecule is COc1ccccc1C1C2=C(OC3CCC(Cl)CC3C2=O)C(=O)N1c1nc2c(C)cc(C)cc2s1. The number of thiazole rings is 1. The largest absolute Gasteiger partial charge is 0.496 e. The maximum atomic E-state index is 13.9. The Morgan fingerprint density at radius 1 is 1.17 bits per heavy atom. The molecule has 0 bridgehead atoms. The molecule has 1 aliphatic carbocycles. The molecule has 1 aromatic heterocycles. The highest BCUT2D eigenvalue weighted by atomic mass is 35.5. The van der Waals surface area contributed by atoms with Gasteiger partial charge in [-0.05, 0) is 56.4 Å². The third kappa shape index (κ3) is 3.47. The number of ketones is 1. The molecule has 6 rings (SSSR count). The zero-order valence-corrected chi connectivity index (χ0v) is 21.3. The number of nitrogens with zero attached hydrogens (tertiary/aromatic N) is 2. The number of para-hydroxylation sites is 1. The highest BCUT2D eigenvalue weighted by molar-refractivity contribution is 7.22. The first-order valence-electron chi connectivity index (χ1n) is 11.8. The number of carbonyl (C=O) groups is 2. The number of benzene rings is 2. The minimum atomic E-state index is -0.681. The van der Waals surface area contributed by atoms with Crippen molar-refractivity contribution < 1.29 is 19.1 Å². The third-order valence-corrected chi connectivity index (χ3v) is 8.64. The third-order valence-electron chi connectivity index (χ3n) is 7.24. The van der Waals surface area contributed by atoms with E-state index in [1.54, 1.807) is 12.0 Å². The number of Topliss-reactive ketones (excluding diaryl/α,β-unsaturated/α-hetero) is 1. The molecule has 8 heteroatoms. The second kappa shape index (κ2) is 8.35. The average Bonchev–Trinajstić information content (AvgIpc) is 3.38. The molecule has 35 heavy (non-hydrogen) atoms. The second-order valence-corrected chi connectivity index (χ2v) is 11.2. The van der Waals surface area contributed by atoms with Gasteiger partial charge in [0.1, 0.15) is 17.9 Å². The minimum absolute atomic E-state index is 0.0542. The van der Waals surface area contributed by atoms with Gasteiger partial charge in [-0.2, -0.15) is 0 Å². The lowest BCUT2D eigenvalue weighted by Gasteiger charge is -2.37. The number of hydrogen-bond donors (Lipinski definition) is 0. The summed E-state index contributed by atoms with van der Waals surface area (Å²) in [5.41, 5.74) is 4.16. The summed E-state index contributed by atoms with van der Waals surface area (Å²) in [6.07, 6.45) is 1.66. The molecule has 3 heterocycles. The summed E-state index contributed by atoms with van der Waals surface area (Å²) in [6.45, 7) is 4.06. The molecule has 3 aliphatic rings. The van der Waals surface area contributed by atoms with Gasteiger partial charge in [-0.15, -0.1) is 11.6 Å². The average molecular weight is 509 g/mol. The highest BCUT2D eigenvalue weighted by Crippen LogP contribution is 2.51.